The van der Waals surface area contributed by atoms with Gasteiger partial charge in [-0.3, -0.25) is 0 Å². The molecule has 0 fully saturated rings. The van der Waals surface area contributed by atoms with Crippen molar-refractivity contribution in [3.05, 3.63) is 0 Å². The van der Waals surface area contributed by atoms with Crippen LogP contribution in [0.1, 0.15) is 19.3 Å². The van der Waals surface area contributed by atoms with Crippen molar-refractivity contribution in [2.45, 2.75) is 25.3 Å². The number of nitrogens with one attached hydrogen (secondary N) is 1. The van der Waals surface area contributed by atoms with Gasteiger partial charge in [0.1, 0.15) is 0 Å². The van der Waals surface area contributed by atoms with Gasteiger partial charge < -0.3 is 0 Å². The quantitative estimate of drug-likeness (QED) is 0.455. The Labute approximate surface area is 78.8 Å². The summed E-state index contributed by atoms with van der Waals surface area (Å²) in [6.07, 6.45) is 2.39. The number of carboxylic acids is 1. The van der Waals surface area contributed by atoms with Gasteiger partial charge in [-0.15, -0.1) is 0 Å². The number of carbonyl (C=O) groups is 1. The first-order valence-corrected chi connectivity index (χ1v) is 4.56. The van der Waals surface area contributed by atoms with E-state index in [4.69, 9.17) is 10.8 Å². The van der Waals surface area contributed by atoms with Crippen LogP contribution in [0.4, 0.5) is 0 Å². The summed E-state index contributed by atoms with van der Waals surface area (Å²) in [6.45, 7) is 0.630. The van der Waals surface area contributed by atoms with Gasteiger partial charge in [0.05, 0.1) is 0 Å². The van der Waals surface area contributed by atoms with Crippen LogP contribution >= 0.6 is 0 Å². The second-order valence-corrected chi connectivity index (χ2v) is 2.89. The molecule has 4 N–H and O–H groups in total. The minimum absolute atomic E-state index is 0.440. The SMILES string of the molecule is NCCCC[C@H]([NH][Au])C(=O)O. The molecule has 0 saturated heterocycles. The van der Waals surface area contributed by atoms with Crippen LogP contribution in [-0.2, 0) is 26.1 Å². The van der Waals surface area contributed by atoms with Crippen molar-refractivity contribution in [1.82, 2.24) is 3.72 Å². The van der Waals surface area contributed by atoms with Crippen LogP contribution in [0.3, 0.4) is 0 Å². The Kier molecular flexibility index (Phi) is 6.90. The van der Waals surface area contributed by atoms with Crippen molar-refractivity contribution >= 4 is 5.97 Å². The molecule has 0 aromatic rings. The van der Waals surface area contributed by atoms with Crippen molar-refractivity contribution in [3.63, 3.8) is 0 Å². The summed E-state index contributed by atoms with van der Waals surface area (Å²) < 4.78 is 2.66. The Bertz CT molecular complexity index is 121. The second kappa shape index (κ2) is 6.82. The number of carboxylic acid groups (broad SMARTS) is 1. The molecule has 0 saturated carbocycles. The molecule has 0 radical (unpaired) electrons. The average molecular weight is 342 g/mol. The second-order valence-electron chi connectivity index (χ2n) is 2.26. The Morgan fingerprint density at radius 3 is 2.64 bits per heavy atom. The van der Waals surface area contributed by atoms with E-state index in [0.717, 1.165) is 12.8 Å². The van der Waals surface area contributed by atoms with Gasteiger partial charge in [0.25, 0.3) is 0 Å². The molecule has 1 atom stereocenters. The molecule has 0 rings (SSSR count). The number of hydrogen-bond acceptors (Lipinski definition) is 3. The summed E-state index contributed by atoms with van der Waals surface area (Å²) in [6, 6.07) is -0.440. The van der Waals surface area contributed by atoms with E-state index < -0.39 is 12.0 Å². The molecule has 0 heterocycles. The molecular weight excluding hydrogens is 329 g/mol. The molecule has 0 aliphatic carbocycles. The van der Waals surface area contributed by atoms with E-state index in [9.17, 15) is 4.79 Å². The summed E-state index contributed by atoms with van der Waals surface area (Å²) in [4.78, 5) is 10.4. The van der Waals surface area contributed by atoms with Crippen LogP contribution in [0.2, 0.25) is 0 Å². The van der Waals surface area contributed by atoms with Gasteiger partial charge in [-0.25, -0.2) is 0 Å². The van der Waals surface area contributed by atoms with Crippen LogP contribution in [-0.4, -0.2) is 23.7 Å². The van der Waals surface area contributed by atoms with Gasteiger partial charge in [-0.05, 0) is 0 Å². The summed E-state index contributed by atoms with van der Waals surface area (Å²) in [5.74, 6) is -0.801. The fourth-order valence-electron chi connectivity index (χ4n) is 0.697. The van der Waals surface area contributed by atoms with E-state index in [1.54, 1.807) is 0 Å². The van der Waals surface area contributed by atoms with Crippen molar-refractivity contribution in [1.29, 1.82) is 0 Å². The third kappa shape index (κ3) is 5.41. The zero-order chi connectivity index (χ0) is 8.69. The predicted molar refractivity (Wildman–Crippen MR) is 37.5 cm³/mol. The first-order valence-electron chi connectivity index (χ1n) is 3.47. The fourth-order valence-corrected chi connectivity index (χ4v) is 1.28. The van der Waals surface area contributed by atoms with Gasteiger partial charge in [0.2, 0.25) is 0 Å². The maximum absolute atomic E-state index is 10.4. The zero-order valence-corrected chi connectivity index (χ0v) is 8.31. The van der Waals surface area contributed by atoms with Crippen LogP contribution in [0.25, 0.3) is 0 Å². The van der Waals surface area contributed by atoms with Gasteiger partial charge >= 0.3 is 78.5 Å². The first kappa shape index (κ1) is 11.1. The van der Waals surface area contributed by atoms with Crippen molar-refractivity contribution in [2.75, 3.05) is 6.54 Å². The molecule has 0 aliphatic rings. The topological polar surface area (TPSA) is 75.3 Å². The van der Waals surface area contributed by atoms with E-state index >= 15 is 0 Å². The third-order valence-corrected chi connectivity index (χ3v) is 2.11. The number of aliphatic carboxylic acids is 1. The normalized spacial score (nSPS) is 13.0. The first-order chi connectivity index (χ1) is 5.22. The Morgan fingerprint density at radius 1 is 1.64 bits per heavy atom. The molecule has 0 bridgehead atoms. The molecule has 70 valence electrons. The molecule has 4 nitrogen and oxygen atoms in total. The summed E-state index contributed by atoms with van der Waals surface area (Å²) in [5, 5.41) is 8.57. The molecular formula is C6H13AuN2O2. The molecule has 11 heavy (non-hydrogen) atoms. The van der Waals surface area contributed by atoms with E-state index in [0.29, 0.717) is 13.0 Å². The molecule has 0 aromatic carbocycles. The van der Waals surface area contributed by atoms with Gasteiger partial charge in [-0.1, -0.05) is 0 Å². The van der Waals surface area contributed by atoms with E-state index in [1.807, 2.05) is 21.3 Å². The fraction of sp³-hybridized carbons (Fsp3) is 0.833. The van der Waals surface area contributed by atoms with Crippen molar-refractivity contribution in [3.8, 4) is 0 Å². The summed E-state index contributed by atoms with van der Waals surface area (Å²) >= 11 is 2.03. The molecule has 0 amide bonds. The zero-order valence-electron chi connectivity index (χ0n) is 6.14. The molecule has 0 aliphatic heterocycles. The Balaban J connectivity index is 3.44. The molecule has 0 aromatic heterocycles. The third-order valence-electron chi connectivity index (χ3n) is 1.35. The molecule has 5 heteroatoms. The predicted octanol–water partition coefficient (Wildman–Crippen LogP) is -0.380. The standard InChI is InChI=1S/C6H13N2O2.Au/c7-4-2-1-3-5(8)6(9)10;/h5,8H,1-4,7H2,(H,9,10);/q-1;+1/t5-;/m0./s1. The van der Waals surface area contributed by atoms with E-state index in [-0.39, 0.29) is 0 Å². The number of nitrogens with two attached hydrogens (primary N) is 1. The Morgan fingerprint density at radius 2 is 2.27 bits per heavy atom. The summed E-state index contributed by atoms with van der Waals surface area (Å²) in [7, 11) is 0. The van der Waals surface area contributed by atoms with Gasteiger partial charge in [0.15, 0.2) is 0 Å². The number of hydrogen-bond donors (Lipinski definition) is 3. The van der Waals surface area contributed by atoms with Crippen LogP contribution < -0.4 is 9.45 Å². The molecule has 0 unspecified atom stereocenters. The maximum atomic E-state index is 10.4. The minimum atomic E-state index is -0.801. The monoisotopic (exact) mass is 342 g/mol. The Hall–Kier alpha value is 0.130. The molecule has 0 spiro atoms. The summed E-state index contributed by atoms with van der Waals surface area (Å²) in [5.41, 5.74) is 5.26. The number of unbranched alkanes of at least 4 members (excludes halogenated alkanes) is 1. The van der Waals surface area contributed by atoms with Gasteiger partial charge in [-0.2, -0.15) is 0 Å². The number of rotatable bonds is 6. The van der Waals surface area contributed by atoms with Crippen molar-refractivity contribution in [2.24, 2.45) is 5.73 Å². The van der Waals surface area contributed by atoms with Crippen LogP contribution in [0, 0.1) is 0 Å². The van der Waals surface area contributed by atoms with Crippen LogP contribution in [0.5, 0.6) is 0 Å². The van der Waals surface area contributed by atoms with Crippen LogP contribution in [0.15, 0.2) is 0 Å². The van der Waals surface area contributed by atoms with Crippen molar-refractivity contribution < 1.29 is 31.2 Å². The van der Waals surface area contributed by atoms with Gasteiger partial charge in [0, 0.05) is 0 Å². The van der Waals surface area contributed by atoms with E-state index in [1.165, 1.54) is 0 Å². The average Bonchev–Trinajstić information content (AvgIpc) is 1.97. The van der Waals surface area contributed by atoms with E-state index in [2.05, 4.69) is 3.72 Å².